The predicted molar refractivity (Wildman–Crippen MR) is 261 cm³/mol. The van der Waals surface area contributed by atoms with Crippen LogP contribution in [0.3, 0.4) is 0 Å². The summed E-state index contributed by atoms with van der Waals surface area (Å²) in [6.45, 7) is 3.59. The van der Waals surface area contributed by atoms with Gasteiger partial charge in [0, 0.05) is 19.4 Å². The molecule has 10 heteroatoms. The molecule has 0 aliphatic carbocycles. The fourth-order valence-corrected chi connectivity index (χ4v) is 7.42. The van der Waals surface area contributed by atoms with Gasteiger partial charge in [0.05, 0.1) is 13.2 Å². The largest absolute Gasteiger partial charge is 0.472 e. The number of phosphoric acid groups is 1. The molecule has 0 aliphatic rings. The summed E-state index contributed by atoms with van der Waals surface area (Å²) in [6, 6.07) is 0. The molecule has 0 bridgehead atoms. The first-order valence-electron chi connectivity index (χ1n) is 24.9. The summed E-state index contributed by atoms with van der Waals surface area (Å²) in [7, 11) is -4.39. The van der Waals surface area contributed by atoms with Crippen LogP contribution < -0.4 is 5.73 Å². The number of allylic oxidation sites excluding steroid dienone is 12. The van der Waals surface area contributed by atoms with Crippen molar-refractivity contribution in [3.63, 3.8) is 0 Å². The van der Waals surface area contributed by atoms with E-state index >= 15 is 0 Å². The molecule has 3 N–H and O–H groups in total. The van der Waals surface area contributed by atoms with E-state index in [9.17, 15) is 19.0 Å². The fourth-order valence-electron chi connectivity index (χ4n) is 6.66. The molecule has 0 saturated carbocycles. The van der Waals surface area contributed by atoms with E-state index in [1.54, 1.807) is 0 Å². The third-order valence-corrected chi connectivity index (χ3v) is 11.3. The number of rotatable bonds is 46. The van der Waals surface area contributed by atoms with Gasteiger partial charge in [-0.15, -0.1) is 0 Å². The first-order valence-corrected chi connectivity index (χ1v) is 26.4. The molecule has 9 nitrogen and oxygen atoms in total. The number of unbranched alkanes of at least 4 members (excludes halogenated alkanes) is 21. The Labute approximate surface area is 380 Å². The Kier molecular flexibility index (Phi) is 45.9. The van der Waals surface area contributed by atoms with Crippen LogP contribution >= 0.6 is 7.82 Å². The molecule has 0 aliphatic heterocycles. The van der Waals surface area contributed by atoms with Gasteiger partial charge >= 0.3 is 19.8 Å². The summed E-state index contributed by atoms with van der Waals surface area (Å²) in [5.41, 5.74) is 5.36. The van der Waals surface area contributed by atoms with Crippen LogP contribution in [0.2, 0.25) is 0 Å². The minimum Gasteiger partial charge on any atom is -0.462 e. The van der Waals surface area contributed by atoms with Crippen LogP contribution in [-0.2, 0) is 32.7 Å². The van der Waals surface area contributed by atoms with E-state index < -0.39 is 32.5 Å². The lowest BCUT2D eigenvalue weighted by atomic mass is 10.0. The third-order valence-electron chi connectivity index (χ3n) is 10.3. The number of carbonyl (C=O) groups is 2. The second kappa shape index (κ2) is 47.9. The second-order valence-electron chi connectivity index (χ2n) is 16.3. The normalized spacial score (nSPS) is 13.8. The van der Waals surface area contributed by atoms with Crippen LogP contribution in [0.5, 0.6) is 0 Å². The van der Waals surface area contributed by atoms with Gasteiger partial charge in [0.1, 0.15) is 6.61 Å². The predicted octanol–water partition coefficient (Wildman–Crippen LogP) is 15.0. The summed E-state index contributed by atoms with van der Waals surface area (Å²) >= 11 is 0. The molecule has 0 radical (unpaired) electrons. The fraction of sp³-hybridized carbons (Fsp3) is 0.731. The zero-order chi connectivity index (χ0) is 45.3. The molecule has 358 valence electrons. The van der Waals surface area contributed by atoms with Gasteiger partial charge in [-0.05, 0) is 83.5 Å². The van der Waals surface area contributed by atoms with Crippen LogP contribution in [0, 0.1) is 0 Å². The van der Waals surface area contributed by atoms with Gasteiger partial charge in [-0.25, -0.2) is 4.57 Å². The van der Waals surface area contributed by atoms with E-state index in [0.717, 1.165) is 83.5 Å². The van der Waals surface area contributed by atoms with Crippen molar-refractivity contribution >= 4 is 19.8 Å². The summed E-state index contributed by atoms with van der Waals surface area (Å²) < 4.78 is 32.9. The minimum absolute atomic E-state index is 0.0484. The number of nitrogens with two attached hydrogens (primary N) is 1. The van der Waals surface area contributed by atoms with Gasteiger partial charge in [0.25, 0.3) is 0 Å². The van der Waals surface area contributed by atoms with Crippen LogP contribution in [0.4, 0.5) is 0 Å². The van der Waals surface area contributed by atoms with E-state index in [0.29, 0.717) is 12.8 Å². The molecular weight excluding hydrogens is 798 g/mol. The lowest BCUT2D eigenvalue weighted by Crippen LogP contribution is -2.29. The number of carbonyl (C=O) groups excluding carboxylic acids is 2. The zero-order valence-corrected chi connectivity index (χ0v) is 40.5. The second-order valence-corrected chi connectivity index (χ2v) is 17.8. The SMILES string of the molecule is CC/C=C\C/C=C\C/C=C\C/C=C\CCCCCCCCCCCCCCC(=O)OC(COC(=O)CCCCCCC/C=C\C/C=C\CCCCCC)COP(=O)(O)OCCN. The molecule has 0 saturated heterocycles. The van der Waals surface area contributed by atoms with Crippen molar-refractivity contribution in [2.24, 2.45) is 5.73 Å². The third kappa shape index (κ3) is 46.9. The standard InChI is InChI=1S/C52H92NO8P/c1-3-5-7-9-11-13-15-17-19-21-22-23-24-25-26-27-28-29-31-33-35-37-39-41-43-45-52(55)61-50(49-60-62(56,57)59-47-46-53)48-58-51(54)44-42-40-38-36-34-32-30-20-18-16-14-12-10-8-6-4-2/h5,7,11,13-14,16-17,19-20,22-23,30,50H,3-4,6,8-10,12,15,18,21,24-29,31-49,53H2,1-2H3,(H,56,57)/b7-5-,13-11-,16-14-,19-17-,23-22-,30-20-. The lowest BCUT2D eigenvalue weighted by molar-refractivity contribution is -0.161. The van der Waals surface area contributed by atoms with E-state index in [1.807, 2.05) is 0 Å². The average Bonchev–Trinajstić information content (AvgIpc) is 3.26. The summed E-state index contributed by atoms with van der Waals surface area (Å²) in [4.78, 5) is 35.0. The van der Waals surface area contributed by atoms with E-state index in [4.69, 9.17) is 24.3 Å². The van der Waals surface area contributed by atoms with Gasteiger partial charge in [-0.3, -0.25) is 18.6 Å². The van der Waals surface area contributed by atoms with Crippen molar-refractivity contribution in [1.29, 1.82) is 0 Å². The molecule has 0 rings (SSSR count). The highest BCUT2D eigenvalue weighted by Gasteiger charge is 2.26. The van der Waals surface area contributed by atoms with Crippen molar-refractivity contribution in [1.82, 2.24) is 0 Å². The molecule has 2 unspecified atom stereocenters. The number of hydrogen-bond donors (Lipinski definition) is 2. The maximum absolute atomic E-state index is 12.6. The van der Waals surface area contributed by atoms with Crippen molar-refractivity contribution in [2.45, 2.75) is 219 Å². The Balaban J connectivity index is 4.06. The molecule has 62 heavy (non-hydrogen) atoms. The summed E-state index contributed by atoms with van der Waals surface area (Å²) in [5.74, 6) is -0.847. The van der Waals surface area contributed by atoms with Gasteiger partial charge < -0.3 is 20.1 Å². The average molecular weight is 890 g/mol. The smallest absolute Gasteiger partial charge is 0.462 e. The molecule has 0 spiro atoms. The first-order chi connectivity index (χ1) is 30.3. The topological polar surface area (TPSA) is 134 Å². The van der Waals surface area contributed by atoms with Gasteiger partial charge in [0.2, 0.25) is 0 Å². The van der Waals surface area contributed by atoms with Crippen LogP contribution in [0.15, 0.2) is 72.9 Å². The quantitative estimate of drug-likeness (QED) is 0.0265. The van der Waals surface area contributed by atoms with Crippen molar-refractivity contribution in [2.75, 3.05) is 26.4 Å². The number of esters is 2. The van der Waals surface area contributed by atoms with Crippen LogP contribution in [0.25, 0.3) is 0 Å². The number of phosphoric ester groups is 1. The Morgan fingerprint density at radius 3 is 1.32 bits per heavy atom. The highest BCUT2D eigenvalue weighted by molar-refractivity contribution is 7.47. The van der Waals surface area contributed by atoms with E-state index in [2.05, 4.69) is 86.8 Å². The molecule has 0 aromatic carbocycles. The Morgan fingerprint density at radius 1 is 0.500 bits per heavy atom. The minimum atomic E-state index is -4.39. The molecule has 0 aromatic rings. The van der Waals surface area contributed by atoms with E-state index in [1.165, 1.54) is 89.9 Å². The molecule has 2 atom stereocenters. The van der Waals surface area contributed by atoms with Gasteiger partial charge in [-0.2, -0.15) is 0 Å². The maximum Gasteiger partial charge on any atom is 0.472 e. The highest BCUT2D eigenvalue weighted by atomic mass is 31.2. The van der Waals surface area contributed by atoms with Crippen LogP contribution in [-0.4, -0.2) is 49.3 Å². The summed E-state index contributed by atoms with van der Waals surface area (Å²) in [6.07, 6.45) is 59.3. The van der Waals surface area contributed by atoms with Crippen molar-refractivity contribution < 1.29 is 37.6 Å². The Hall–Kier alpha value is -2.55. The molecular formula is C52H92NO8P. The molecule has 0 fully saturated rings. The molecule has 0 amide bonds. The zero-order valence-electron chi connectivity index (χ0n) is 39.6. The van der Waals surface area contributed by atoms with Crippen molar-refractivity contribution in [3.8, 4) is 0 Å². The molecule has 0 aromatic heterocycles. The Bertz CT molecular complexity index is 1240. The van der Waals surface area contributed by atoms with E-state index in [-0.39, 0.29) is 32.6 Å². The van der Waals surface area contributed by atoms with Crippen LogP contribution in [0.1, 0.15) is 213 Å². The monoisotopic (exact) mass is 890 g/mol. The van der Waals surface area contributed by atoms with Gasteiger partial charge in [-0.1, -0.05) is 189 Å². The van der Waals surface area contributed by atoms with Crippen molar-refractivity contribution in [3.05, 3.63) is 72.9 Å². The lowest BCUT2D eigenvalue weighted by Gasteiger charge is -2.19. The first kappa shape index (κ1) is 59.5. The molecule has 0 heterocycles. The van der Waals surface area contributed by atoms with Gasteiger partial charge in [0.15, 0.2) is 6.10 Å². The summed E-state index contributed by atoms with van der Waals surface area (Å²) in [5, 5.41) is 0. The highest BCUT2D eigenvalue weighted by Crippen LogP contribution is 2.43. The maximum atomic E-state index is 12.6. The number of ether oxygens (including phenoxy) is 2. The Morgan fingerprint density at radius 2 is 0.887 bits per heavy atom. The number of hydrogen-bond acceptors (Lipinski definition) is 8.